The Hall–Kier alpha value is -1.56. The van der Waals surface area contributed by atoms with Crippen LogP contribution in [0.5, 0.6) is 0 Å². The number of hydrogen-bond donors (Lipinski definition) is 0. The van der Waals surface area contributed by atoms with Gasteiger partial charge in [0.1, 0.15) is 12.6 Å². The number of hydrogen-bond acceptors (Lipinski definition) is 5. The predicted octanol–water partition coefficient (Wildman–Crippen LogP) is -0.181. The van der Waals surface area contributed by atoms with Crippen molar-refractivity contribution in [3.8, 4) is 0 Å². The van der Waals surface area contributed by atoms with E-state index in [-0.39, 0.29) is 11.8 Å². The lowest BCUT2D eigenvalue weighted by molar-refractivity contribution is -0.138. The van der Waals surface area contributed by atoms with Crippen LogP contribution in [0.4, 0.5) is 0 Å². The van der Waals surface area contributed by atoms with E-state index in [0.29, 0.717) is 12.8 Å². The molecule has 4 unspecified atom stereocenters. The van der Waals surface area contributed by atoms with Crippen LogP contribution in [-0.4, -0.2) is 62.4 Å². The first-order valence-electron chi connectivity index (χ1n) is 6.66. The Morgan fingerprint density at radius 1 is 0.950 bits per heavy atom. The van der Waals surface area contributed by atoms with E-state index >= 15 is 0 Å². The molecule has 0 aromatic heterocycles. The highest BCUT2D eigenvalue weighted by molar-refractivity contribution is 6.05. The van der Waals surface area contributed by atoms with Gasteiger partial charge in [-0.2, -0.15) is 0 Å². The van der Waals surface area contributed by atoms with Crippen LogP contribution >= 0.6 is 0 Å². The highest BCUT2D eigenvalue weighted by Crippen LogP contribution is 2.41. The van der Waals surface area contributed by atoms with Crippen molar-refractivity contribution in [2.45, 2.75) is 12.8 Å². The minimum atomic E-state index is -0.415. The third-order valence-electron chi connectivity index (χ3n) is 3.73. The number of nitrogens with zero attached hydrogens (tertiary/aromatic N) is 2. The maximum absolute atomic E-state index is 11.7. The van der Waals surface area contributed by atoms with Crippen molar-refractivity contribution in [1.82, 2.24) is 9.80 Å². The average molecular weight is 282 g/mol. The molecule has 6 nitrogen and oxygen atoms in total. The summed E-state index contributed by atoms with van der Waals surface area (Å²) < 4.78 is 0. The Labute approximate surface area is 119 Å². The van der Waals surface area contributed by atoms with E-state index < -0.39 is 23.7 Å². The van der Waals surface area contributed by atoms with Crippen LogP contribution in [0.1, 0.15) is 12.8 Å². The molecule has 6 heteroatoms. The fourth-order valence-electron chi connectivity index (χ4n) is 2.73. The van der Waals surface area contributed by atoms with Crippen molar-refractivity contribution < 1.29 is 19.2 Å². The van der Waals surface area contributed by atoms with Gasteiger partial charge in [0.15, 0.2) is 0 Å². The molecule has 0 N–H and O–H groups in total. The zero-order chi connectivity index (χ0) is 15.4. The Bertz CT molecular complexity index is 371. The molecule has 2 rings (SSSR count). The molecule has 0 spiro atoms. The second-order valence-electron chi connectivity index (χ2n) is 5.86. The van der Waals surface area contributed by atoms with E-state index in [2.05, 4.69) is 0 Å². The SMILES string of the molecule is CN(C)C.CN1C(=O)C2CC(C=O)C(C=O)CC2C1=O. The zero-order valence-corrected chi connectivity index (χ0v) is 12.4. The molecule has 0 bridgehead atoms. The molecule has 0 radical (unpaired) electrons. The quantitative estimate of drug-likeness (QED) is 0.519. The molecule has 1 aliphatic carbocycles. The summed E-state index contributed by atoms with van der Waals surface area (Å²) in [5.41, 5.74) is 0. The number of likely N-dealkylation sites (tertiary alicyclic amines) is 1. The Balaban J connectivity index is 0.000000444. The van der Waals surface area contributed by atoms with E-state index in [9.17, 15) is 19.2 Å². The van der Waals surface area contributed by atoms with Gasteiger partial charge >= 0.3 is 0 Å². The number of amides is 2. The van der Waals surface area contributed by atoms with Crippen molar-refractivity contribution in [3.63, 3.8) is 0 Å². The van der Waals surface area contributed by atoms with Crippen molar-refractivity contribution in [2.75, 3.05) is 28.2 Å². The van der Waals surface area contributed by atoms with Crippen LogP contribution in [0.3, 0.4) is 0 Å². The maximum Gasteiger partial charge on any atom is 0.232 e. The molecule has 1 aliphatic heterocycles. The molecular formula is C14H22N2O4. The Kier molecular flexibility index (Phi) is 5.56. The van der Waals surface area contributed by atoms with Crippen LogP contribution in [-0.2, 0) is 19.2 Å². The summed E-state index contributed by atoms with van der Waals surface area (Å²) in [4.78, 5) is 48.2. The largest absolute Gasteiger partial charge is 0.312 e. The van der Waals surface area contributed by atoms with E-state index in [1.54, 1.807) is 0 Å². The first-order valence-corrected chi connectivity index (χ1v) is 6.66. The number of rotatable bonds is 2. The lowest BCUT2D eigenvalue weighted by Crippen LogP contribution is -2.35. The van der Waals surface area contributed by atoms with Crippen molar-refractivity contribution in [3.05, 3.63) is 0 Å². The molecule has 1 heterocycles. The van der Waals surface area contributed by atoms with Crippen molar-refractivity contribution >= 4 is 24.4 Å². The van der Waals surface area contributed by atoms with E-state index in [1.165, 1.54) is 7.05 Å². The van der Waals surface area contributed by atoms with Crippen LogP contribution in [0.25, 0.3) is 0 Å². The molecule has 0 aromatic carbocycles. The third-order valence-corrected chi connectivity index (χ3v) is 3.73. The summed E-state index contributed by atoms with van der Waals surface area (Å²) in [5.74, 6) is -2.06. The summed E-state index contributed by atoms with van der Waals surface area (Å²) >= 11 is 0. The van der Waals surface area contributed by atoms with Crippen LogP contribution in [0, 0.1) is 23.7 Å². The number of imide groups is 1. The predicted molar refractivity (Wildman–Crippen MR) is 72.7 cm³/mol. The van der Waals surface area contributed by atoms with E-state index in [1.807, 2.05) is 26.0 Å². The Morgan fingerprint density at radius 2 is 1.25 bits per heavy atom. The summed E-state index contributed by atoms with van der Waals surface area (Å²) in [6.45, 7) is 0. The van der Waals surface area contributed by atoms with Gasteiger partial charge in [-0.05, 0) is 34.0 Å². The first kappa shape index (κ1) is 16.5. The van der Waals surface area contributed by atoms with Crippen LogP contribution < -0.4 is 0 Å². The van der Waals surface area contributed by atoms with Gasteiger partial charge in [-0.15, -0.1) is 0 Å². The molecule has 2 fully saturated rings. The minimum absolute atomic E-state index is 0.216. The normalized spacial score (nSPS) is 32.5. The molecule has 1 saturated heterocycles. The van der Waals surface area contributed by atoms with E-state index in [4.69, 9.17) is 0 Å². The molecule has 112 valence electrons. The van der Waals surface area contributed by atoms with Gasteiger partial charge < -0.3 is 14.5 Å². The number of carbonyl (C=O) groups excluding carboxylic acids is 4. The van der Waals surface area contributed by atoms with Crippen molar-refractivity contribution in [1.29, 1.82) is 0 Å². The van der Waals surface area contributed by atoms with Crippen LogP contribution in [0.2, 0.25) is 0 Å². The smallest absolute Gasteiger partial charge is 0.232 e. The summed E-state index contributed by atoms with van der Waals surface area (Å²) in [7, 11) is 7.45. The van der Waals surface area contributed by atoms with E-state index in [0.717, 1.165) is 17.5 Å². The van der Waals surface area contributed by atoms with Crippen LogP contribution in [0.15, 0.2) is 0 Å². The van der Waals surface area contributed by atoms with Gasteiger partial charge in [-0.25, -0.2) is 0 Å². The highest BCUT2D eigenvalue weighted by Gasteiger charge is 2.51. The molecule has 1 saturated carbocycles. The Morgan fingerprint density at radius 3 is 1.50 bits per heavy atom. The molecular weight excluding hydrogens is 260 g/mol. The van der Waals surface area contributed by atoms with Gasteiger partial charge in [-0.3, -0.25) is 14.5 Å². The second-order valence-corrected chi connectivity index (χ2v) is 5.86. The molecule has 2 aliphatic rings. The number of aldehydes is 2. The second kappa shape index (κ2) is 6.74. The molecule has 20 heavy (non-hydrogen) atoms. The first-order chi connectivity index (χ1) is 9.33. The zero-order valence-electron chi connectivity index (χ0n) is 12.4. The summed E-state index contributed by atoms with van der Waals surface area (Å²) in [6, 6.07) is 0. The molecule has 0 aromatic rings. The van der Waals surface area contributed by atoms with Gasteiger partial charge in [0.25, 0.3) is 0 Å². The fraction of sp³-hybridized carbons (Fsp3) is 0.714. The molecule has 4 atom stereocenters. The van der Waals surface area contributed by atoms with Gasteiger partial charge in [0, 0.05) is 18.9 Å². The fourth-order valence-corrected chi connectivity index (χ4v) is 2.73. The third kappa shape index (κ3) is 3.30. The maximum atomic E-state index is 11.7. The van der Waals surface area contributed by atoms with Crippen molar-refractivity contribution in [2.24, 2.45) is 23.7 Å². The topological polar surface area (TPSA) is 74.8 Å². The van der Waals surface area contributed by atoms with Gasteiger partial charge in [0.05, 0.1) is 11.8 Å². The number of fused-ring (bicyclic) bond motifs is 1. The average Bonchev–Trinajstić information content (AvgIpc) is 2.61. The highest BCUT2D eigenvalue weighted by atomic mass is 16.2. The van der Waals surface area contributed by atoms with Gasteiger partial charge in [0.2, 0.25) is 11.8 Å². The number of carbonyl (C=O) groups is 4. The monoisotopic (exact) mass is 282 g/mol. The summed E-state index contributed by atoms with van der Waals surface area (Å²) in [5, 5.41) is 0. The summed E-state index contributed by atoms with van der Waals surface area (Å²) in [6.07, 6.45) is 2.11. The lowest BCUT2D eigenvalue weighted by Gasteiger charge is -2.29. The molecule has 2 amide bonds. The standard InChI is InChI=1S/C11H13NO4.C3H9N/c1-12-10(15)8-2-6(4-13)7(5-14)3-9(8)11(12)16;1-4(2)3/h4-9H,2-3H2,1H3;1-3H3. The van der Waals surface area contributed by atoms with Gasteiger partial charge in [-0.1, -0.05) is 0 Å². The minimum Gasteiger partial charge on any atom is -0.312 e. The lowest BCUT2D eigenvalue weighted by atomic mass is 9.70.